The molecule has 0 unspecified atom stereocenters. The summed E-state index contributed by atoms with van der Waals surface area (Å²) in [4.78, 5) is 0.380. The number of allylic oxidation sites excluding steroid dienone is 1. The highest BCUT2D eigenvalue weighted by atomic mass is 32.1. The third-order valence-electron chi connectivity index (χ3n) is 0.961. The zero-order valence-electron chi connectivity index (χ0n) is 5.06. The second-order valence-corrected chi connectivity index (χ2v) is 2.11. The van der Waals surface area contributed by atoms with Crippen molar-refractivity contribution in [3.8, 4) is 0 Å². The Kier molecular flexibility index (Phi) is 2.48. The molecule has 0 rings (SSSR count). The molecular formula is C5H10N2S. The van der Waals surface area contributed by atoms with Gasteiger partial charge in [0.25, 0.3) is 0 Å². The normalized spacial score (nSPS) is 12.8. The monoisotopic (exact) mass is 130 g/mol. The van der Waals surface area contributed by atoms with E-state index in [9.17, 15) is 0 Å². The maximum Gasteiger partial charge on any atom is 0.101 e. The molecule has 0 bridgehead atoms. The SMILES string of the molecule is C/C(N)=C(\C)C(N)=S. The Morgan fingerprint density at radius 1 is 1.25 bits per heavy atom. The Labute approximate surface area is 54.5 Å². The van der Waals surface area contributed by atoms with Gasteiger partial charge in [0, 0.05) is 11.3 Å². The molecule has 2 nitrogen and oxygen atoms in total. The lowest BCUT2D eigenvalue weighted by atomic mass is 10.2. The van der Waals surface area contributed by atoms with Gasteiger partial charge in [-0.3, -0.25) is 0 Å². The topological polar surface area (TPSA) is 52.0 Å². The van der Waals surface area contributed by atoms with Crippen molar-refractivity contribution in [1.82, 2.24) is 0 Å². The van der Waals surface area contributed by atoms with E-state index in [1.165, 1.54) is 0 Å². The molecule has 8 heavy (non-hydrogen) atoms. The van der Waals surface area contributed by atoms with Crippen LogP contribution in [0.3, 0.4) is 0 Å². The fourth-order valence-corrected chi connectivity index (χ4v) is 0.355. The lowest BCUT2D eigenvalue weighted by Gasteiger charge is -1.97. The third kappa shape index (κ3) is 1.93. The summed E-state index contributed by atoms with van der Waals surface area (Å²) in [6.45, 7) is 3.58. The first-order valence-electron chi connectivity index (χ1n) is 2.28. The fraction of sp³-hybridized carbons (Fsp3) is 0.400. The zero-order chi connectivity index (χ0) is 6.73. The lowest BCUT2D eigenvalue weighted by molar-refractivity contribution is 1.26. The van der Waals surface area contributed by atoms with Gasteiger partial charge in [0.1, 0.15) is 4.99 Å². The Hall–Kier alpha value is -0.570. The Morgan fingerprint density at radius 2 is 1.62 bits per heavy atom. The molecule has 0 aliphatic rings. The summed E-state index contributed by atoms with van der Waals surface area (Å²) in [6.07, 6.45) is 0. The molecule has 0 saturated carbocycles. The van der Waals surface area contributed by atoms with Crippen LogP contribution in [0.4, 0.5) is 0 Å². The predicted molar refractivity (Wildman–Crippen MR) is 39.3 cm³/mol. The van der Waals surface area contributed by atoms with Gasteiger partial charge < -0.3 is 11.5 Å². The van der Waals surface area contributed by atoms with E-state index in [1.54, 1.807) is 13.8 Å². The van der Waals surface area contributed by atoms with Crippen molar-refractivity contribution >= 4 is 17.2 Å². The molecule has 0 amide bonds. The van der Waals surface area contributed by atoms with Crippen LogP contribution in [0.25, 0.3) is 0 Å². The molecule has 0 aromatic rings. The molecule has 0 saturated heterocycles. The molecule has 3 heteroatoms. The van der Waals surface area contributed by atoms with E-state index in [4.69, 9.17) is 11.5 Å². The summed E-state index contributed by atoms with van der Waals surface area (Å²) >= 11 is 4.63. The van der Waals surface area contributed by atoms with Crippen molar-refractivity contribution in [1.29, 1.82) is 0 Å². The van der Waals surface area contributed by atoms with Crippen molar-refractivity contribution in [3.63, 3.8) is 0 Å². The Bertz CT molecular complexity index is 133. The molecule has 0 aromatic heterocycles. The van der Waals surface area contributed by atoms with E-state index in [0.717, 1.165) is 5.57 Å². The highest BCUT2D eigenvalue weighted by molar-refractivity contribution is 7.80. The summed E-state index contributed by atoms with van der Waals surface area (Å²) < 4.78 is 0. The van der Waals surface area contributed by atoms with Crippen LogP contribution >= 0.6 is 12.2 Å². The number of nitrogens with two attached hydrogens (primary N) is 2. The number of hydrogen-bond acceptors (Lipinski definition) is 2. The maximum atomic E-state index is 5.35. The van der Waals surface area contributed by atoms with Crippen LogP contribution in [-0.2, 0) is 0 Å². The van der Waals surface area contributed by atoms with Crippen molar-refractivity contribution in [2.45, 2.75) is 13.8 Å². The largest absolute Gasteiger partial charge is 0.402 e. The van der Waals surface area contributed by atoms with E-state index in [2.05, 4.69) is 12.2 Å². The van der Waals surface area contributed by atoms with Crippen molar-refractivity contribution in [2.24, 2.45) is 11.5 Å². The summed E-state index contributed by atoms with van der Waals surface area (Å²) in [6, 6.07) is 0. The molecule has 0 fully saturated rings. The maximum absolute atomic E-state index is 5.35. The fourth-order valence-electron chi connectivity index (χ4n) is 0.194. The molecule has 4 N–H and O–H groups in total. The van der Waals surface area contributed by atoms with E-state index in [1.807, 2.05) is 0 Å². The minimum atomic E-state index is 0.380. The Balaban J connectivity index is 4.23. The predicted octanol–water partition coefficient (Wildman–Crippen LogP) is 0.525. The molecule has 0 atom stereocenters. The second kappa shape index (κ2) is 2.67. The minimum Gasteiger partial charge on any atom is -0.402 e. The molecule has 0 radical (unpaired) electrons. The Morgan fingerprint density at radius 3 is 1.62 bits per heavy atom. The number of hydrogen-bond donors (Lipinski definition) is 2. The van der Waals surface area contributed by atoms with Gasteiger partial charge in [0.15, 0.2) is 0 Å². The first kappa shape index (κ1) is 7.43. The van der Waals surface area contributed by atoms with Crippen molar-refractivity contribution < 1.29 is 0 Å². The van der Waals surface area contributed by atoms with Gasteiger partial charge in [0.05, 0.1) is 0 Å². The van der Waals surface area contributed by atoms with Crippen molar-refractivity contribution in [2.75, 3.05) is 0 Å². The summed E-state index contributed by atoms with van der Waals surface area (Å²) in [5.41, 5.74) is 12.1. The average molecular weight is 130 g/mol. The van der Waals surface area contributed by atoms with Crippen LogP contribution < -0.4 is 11.5 Å². The van der Waals surface area contributed by atoms with E-state index >= 15 is 0 Å². The minimum absolute atomic E-state index is 0.380. The summed E-state index contributed by atoms with van der Waals surface area (Å²) in [7, 11) is 0. The molecule has 0 aliphatic heterocycles. The van der Waals surface area contributed by atoms with Crippen LogP contribution in [-0.4, -0.2) is 4.99 Å². The van der Waals surface area contributed by atoms with Crippen LogP contribution in [0.5, 0.6) is 0 Å². The van der Waals surface area contributed by atoms with Gasteiger partial charge in [-0.15, -0.1) is 0 Å². The molecule has 46 valence electrons. The van der Waals surface area contributed by atoms with Crippen LogP contribution in [0.15, 0.2) is 11.3 Å². The highest BCUT2D eigenvalue weighted by Gasteiger charge is 1.92. The van der Waals surface area contributed by atoms with Gasteiger partial charge in [0.2, 0.25) is 0 Å². The van der Waals surface area contributed by atoms with Gasteiger partial charge in [-0.25, -0.2) is 0 Å². The van der Waals surface area contributed by atoms with Crippen LogP contribution in [0.2, 0.25) is 0 Å². The van der Waals surface area contributed by atoms with Crippen LogP contribution in [0.1, 0.15) is 13.8 Å². The first-order valence-corrected chi connectivity index (χ1v) is 2.69. The molecule has 0 aromatic carbocycles. The van der Waals surface area contributed by atoms with Gasteiger partial charge in [-0.1, -0.05) is 12.2 Å². The highest BCUT2D eigenvalue weighted by Crippen LogP contribution is 1.94. The van der Waals surface area contributed by atoms with Gasteiger partial charge in [-0.2, -0.15) is 0 Å². The quantitative estimate of drug-likeness (QED) is 0.402. The van der Waals surface area contributed by atoms with Gasteiger partial charge >= 0.3 is 0 Å². The molecular weight excluding hydrogens is 120 g/mol. The molecule has 0 heterocycles. The number of rotatable bonds is 1. The average Bonchev–Trinajstić information content (AvgIpc) is 1.64. The first-order chi connectivity index (χ1) is 3.55. The van der Waals surface area contributed by atoms with Crippen molar-refractivity contribution in [3.05, 3.63) is 11.3 Å². The molecule has 0 aliphatic carbocycles. The van der Waals surface area contributed by atoms with E-state index < -0.39 is 0 Å². The standard InChI is InChI=1S/C5H10N2S/c1-3(4(2)6)5(7)8/h6H2,1-2H3,(H2,7,8)/b4-3-. The molecule has 0 spiro atoms. The smallest absolute Gasteiger partial charge is 0.101 e. The summed E-state index contributed by atoms with van der Waals surface area (Å²) in [5, 5.41) is 0. The number of thiocarbonyl (C=S) groups is 1. The lowest BCUT2D eigenvalue weighted by Crippen LogP contribution is -2.13. The summed E-state index contributed by atoms with van der Waals surface area (Å²) in [5.74, 6) is 0. The zero-order valence-corrected chi connectivity index (χ0v) is 5.88. The third-order valence-corrected chi connectivity index (χ3v) is 1.27. The van der Waals surface area contributed by atoms with Gasteiger partial charge in [-0.05, 0) is 13.8 Å². The van der Waals surface area contributed by atoms with E-state index in [0.29, 0.717) is 10.7 Å². The second-order valence-electron chi connectivity index (χ2n) is 1.67. The van der Waals surface area contributed by atoms with E-state index in [-0.39, 0.29) is 0 Å². The van der Waals surface area contributed by atoms with Crippen LogP contribution in [0, 0.1) is 0 Å².